The highest BCUT2D eigenvalue weighted by Gasteiger charge is 2.09. The zero-order chi connectivity index (χ0) is 14.1. The van der Waals surface area contributed by atoms with E-state index in [-0.39, 0.29) is 5.75 Å². The van der Waals surface area contributed by atoms with Crippen LogP contribution in [0.5, 0.6) is 11.5 Å². The Morgan fingerprint density at radius 3 is 2.75 bits per heavy atom. The summed E-state index contributed by atoms with van der Waals surface area (Å²) < 4.78 is 19.4. The van der Waals surface area contributed by atoms with Gasteiger partial charge in [0.2, 0.25) is 0 Å². The Balaban J connectivity index is 2.08. The van der Waals surface area contributed by atoms with Crippen LogP contribution in [0.1, 0.15) is 5.69 Å². The number of pyridine rings is 2. The molecule has 0 fully saturated rings. The molecule has 4 nitrogen and oxygen atoms in total. The molecule has 0 saturated carbocycles. The molecule has 0 atom stereocenters. The van der Waals surface area contributed by atoms with Gasteiger partial charge < -0.3 is 10.5 Å². The smallest absolute Gasteiger partial charge is 0.167 e. The lowest BCUT2D eigenvalue weighted by molar-refractivity contribution is 0.445. The molecule has 0 aliphatic heterocycles. The third-order valence-electron chi connectivity index (χ3n) is 2.86. The lowest BCUT2D eigenvalue weighted by Crippen LogP contribution is -1.94. The number of hydrogen-bond donors (Lipinski definition) is 1. The second-order valence-corrected chi connectivity index (χ2v) is 4.42. The number of benzene rings is 1. The van der Waals surface area contributed by atoms with Gasteiger partial charge in [-0.15, -0.1) is 0 Å². The van der Waals surface area contributed by atoms with E-state index in [9.17, 15) is 4.39 Å². The van der Waals surface area contributed by atoms with Gasteiger partial charge in [-0.1, -0.05) is 0 Å². The van der Waals surface area contributed by atoms with Crippen LogP contribution in [-0.4, -0.2) is 9.97 Å². The van der Waals surface area contributed by atoms with E-state index in [2.05, 4.69) is 9.97 Å². The largest absolute Gasteiger partial charge is 0.452 e. The molecule has 0 aliphatic rings. The molecule has 2 heterocycles. The Morgan fingerprint density at radius 1 is 1.10 bits per heavy atom. The van der Waals surface area contributed by atoms with Gasteiger partial charge in [-0.3, -0.25) is 4.98 Å². The number of aryl methyl sites for hydroxylation is 1. The fraction of sp³-hybridized carbons (Fsp3) is 0.0667. The fourth-order valence-corrected chi connectivity index (χ4v) is 1.90. The highest BCUT2D eigenvalue weighted by atomic mass is 19.1. The first-order valence-electron chi connectivity index (χ1n) is 6.09. The van der Waals surface area contributed by atoms with E-state index in [1.807, 2.05) is 19.1 Å². The Labute approximate surface area is 115 Å². The molecule has 0 amide bonds. The molecule has 2 N–H and O–H groups in total. The Morgan fingerprint density at radius 2 is 1.95 bits per heavy atom. The molecule has 3 rings (SSSR count). The van der Waals surface area contributed by atoms with Gasteiger partial charge in [-0.2, -0.15) is 0 Å². The first-order valence-corrected chi connectivity index (χ1v) is 6.09. The SMILES string of the molecule is Cc1ccc2nccc(Oc3ccc(N)cc3F)c2n1. The number of nitrogen functional groups attached to an aromatic ring is 1. The average molecular weight is 269 g/mol. The van der Waals surface area contributed by atoms with Gasteiger partial charge in [0, 0.05) is 29.7 Å². The van der Waals surface area contributed by atoms with Crippen LogP contribution in [0.25, 0.3) is 11.0 Å². The third kappa shape index (κ3) is 2.25. The van der Waals surface area contributed by atoms with E-state index in [1.165, 1.54) is 12.1 Å². The van der Waals surface area contributed by atoms with Gasteiger partial charge in [0.1, 0.15) is 5.52 Å². The highest BCUT2D eigenvalue weighted by molar-refractivity contribution is 5.80. The highest BCUT2D eigenvalue weighted by Crippen LogP contribution is 2.29. The van der Waals surface area contributed by atoms with Crippen molar-refractivity contribution in [2.75, 3.05) is 5.73 Å². The Hall–Kier alpha value is -2.69. The minimum Gasteiger partial charge on any atom is -0.452 e. The normalized spacial score (nSPS) is 10.7. The zero-order valence-corrected chi connectivity index (χ0v) is 10.8. The summed E-state index contributed by atoms with van der Waals surface area (Å²) in [7, 11) is 0. The summed E-state index contributed by atoms with van der Waals surface area (Å²) in [6.45, 7) is 1.88. The van der Waals surface area contributed by atoms with Gasteiger partial charge in [0.05, 0.1) is 5.52 Å². The van der Waals surface area contributed by atoms with Crippen molar-refractivity contribution in [3.05, 3.63) is 54.1 Å². The van der Waals surface area contributed by atoms with Crippen LogP contribution in [0.4, 0.5) is 10.1 Å². The third-order valence-corrected chi connectivity index (χ3v) is 2.86. The van der Waals surface area contributed by atoms with Crippen molar-refractivity contribution in [2.24, 2.45) is 0 Å². The molecular weight excluding hydrogens is 257 g/mol. The Bertz CT molecular complexity index is 789. The van der Waals surface area contributed by atoms with E-state index in [1.54, 1.807) is 18.3 Å². The van der Waals surface area contributed by atoms with Crippen LogP contribution < -0.4 is 10.5 Å². The van der Waals surface area contributed by atoms with Crippen LogP contribution in [0.2, 0.25) is 0 Å². The summed E-state index contributed by atoms with van der Waals surface area (Å²) >= 11 is 0. The van der Waals surface area contributed by atoms with Crippen LogP contribution in [-0.2, 0) is 0 Å². The monoisotopic (exact) mass is 269 g/mol. The molecule has 1 aromatic carbocycles. The van der Waals surface area contributed by atoms with Crippen LogP contribution >= 0.6 is 0 Å². The van der Waals surface area contributed by atoms with Crippen molar-refractivity contribution in [2.45, 2.75) is 6.92 Å². The maximum Gasteiger partial charge on any atom is 0.167 e. The quantitative estimate of drug-likeness (QED) is 0.724. The number of fused-ring (bicyclic) bond motifs is 1. The fourth-order valence-electron chi connectivity index (χ4n) is 1.90. The van der Waals surface area contributed by atoms with Crippen molar-refractivity contribution in [1.82, 2.24) is 9.97 Å². The standard InChI is InChI=1S/C15H12FN3O/c1-9-2-4-12-15(19-9)14(6-7-18-12)20-13-5-3-10(17)8-11(13)16/h2-8H,17H2,1H3. The summed E-state index contributed by atoms with van der Waals surface area (Å²) in [6.07, 6.45) is 1.60. The van der Waals surface area contributed by atoms with Gasteiger partial charge >= 0.3 is 0 Å². The number of hydrogen-bond acceptors (Lipinski definition) is 4. The molecule has 0 aliphatic carbocycles. The van der Waals surface area contributed by atoms with E-state index < -0.39 is 5.82 Å². The van der Waals surface area contributed by atoms with Gasteiger partial charge in [-0.25, -0.2) is 9.37 Å². The van der Waals surface area contributed by atoms with Crippen LogP contribution in [0.3, 0.4) is 0 Å². The van der Waals surface area contributed by atoms with Gasteiger partial charge in [-0.05, 0) is 31.2 Å². The van der Waals surface area contributed by atoms with Crippen molar-refractivity contribution in [1.29, 1.82) is 0 Å². The minimum absolute atomic E-state index is 0.106. The number of nitrogens with zero attached hydrogens (tertiary/aromatic N) is 2. The molecule has 20 heavy (non-hydrogen) atoms. The molecule has 0 bridgehead atoms. The number of nitrogens with two attached hydrogens (primary N) is 1. The van der Waals surface area contributed by atoms with Gasteiger partial charge in [0.25, 0.3) is 0 Å². The maximum absolute atomic E-state index is 13.8. The van der Waals surface area contributed by atoms with E-state index >= 15 is 0 Å². The lowest BCUT2D eigenvalue weighted by Gasteiger charge is -2.09. The molecule has 3 aromatic rings. The van der Waals surface area contributed by atoms with Crippen molar-refractivity contribution in [3.8, 4) is 11.5 Å². The number of ether oxygens (including phenoxy) is 1. The molecule has 0 spiro atoms. The molecule has 2 aromatic heterocycles. The summed E-state index contributed by atoms with van der Waals surface area (Å²) in [5.41, 5.74) is 8.00. The van der Waals surface area contributed by atoms with Crippen molar-refractivity contribution >= 4 is 16.7 Å². The molecule has 0 unspecified atom stereocenters. The molecule has 0 radical (unpaired) electrons. The predicted molar refractivity (Wildman–Crippen MR) is 75.2 cm³/mol. The summed E-state index contributed by atoms with van der Waals surface area (Å²) in [5, 5.41) is 0. The summed E-state index contributed by atoms with van der Waals surface area (Å²) in [6, 6.07) is 9.67. The molecule has 0 saturated heterocycles. The summed E-state index contributed by atoms with van der Waals surface area (Å²) in [5.74, 6) is 0.0555. The lowest BCUT2D eigenvalue weighted by atomic mass is 10.2. The summed E-state index contributed by atoms with van der Waals surface area (Å²) in [4.78, 5) is 8.59. The second-order valence-electron chi connectivity index (χ2n) is 4.42. The second kappa shape index (κ2) is 4.77. The number of anilines is 1. The molecule has 100 valence electrons. The average Bonchev–Trinajstić information content (AvgIpc) is 2.42. The van der Waals surface area contributed by atoms with E-state index in [0.717, 1.165) is 5.69 Å². The van der Waals surface area contributed by atoms with E-state index in [0.29, 0.717) is 22.5 Å². The Kier molecular flexibility index (Phi) is 2.95. The van der Waals surface area contributed by atoms with E-state index in [4.69, 9.17) is 10.5 Å². The topological polar surface area (TPSA) is 61.0 Å². The zero-order valence-electron chi connectivity index (χ0n) is 10.8. The first-order chi connectivity index (χ1) is 9.63. The first kappa shape index (κ1) is 12.3. The molecule has 5 heteroatoms. The number of halogens is 1. The predicted octanol–water partition coefficient (Wildman–Crippen LogP) is 3.45. The van der Waals surface area contributed by atoms with Crippen LogP contribution in [0, 0.1) is 12.7 Å². The molecular formula is C15H12FN3O. The maximum atomic E-state index is 13.8. The van der Waals surface area contributed by atoms with Gasteiger partial charge in [0.15, 0.2) is 17.3 Å². The minimum atomic E-state index is -0.511. The number of aromatic nitrogens is 2. The number of rotatable bonds is 2. The van der Waals surface area contributed by atoms with Crippen LogP contribution in [0.15, 0.2) is 42.6 Å². The van der Waals surface area contributed by atoms with Crippen molar-refractivity contribution in [3.63, 3.8) is 0 Å². The van der Waals surface area contributed by atoms with Crippen molar-refractivity contribution < 1.29 is 9.13 Å².